The Balaban J connectivity index is 1.50. The van der Waals surface area contributed by atoms with Crippen LogP contribution in [0, 0.1) is 0 Å². The average molecular weight is 310 g/mol. The lowest BCUT2D eigenvalue weighted by Crippen LogP contribution is -2.51. The molecule has 21 heavy (non-hydrogen) atoms. The maximum atomic E-state index is 12.1. The number of nitrogens with one attached hydrogen (secondary N) is 1. The molecule has 2 heterocycles. The number of hydrogen-bond acceptors (Lipinski definition) is 4. The molecule has 0 aliphatic carbocycles. The van der Waals surface area contributed by atoms with Crippen molar-refractivity contribution in [1.82, 2.24) is 10.2 Å². The van der Waals surface area contributed by atoms with E-state index >= 15 is 0 Å². The highest BCUT2D eigenvalue weighted by molar-refractivity contribution is 4.79. The number of unbranched alkanes of at least 4 members (excludes halogenated alkanes) is 1. The molecule has 7 heteroatoms. The first-order valence-corrected chi connectivity index (χ1v) is 7.78. The Labute approximate surface area is 123 Å². The molecule has 0 saturated carbocycles. The summed E-state index contributed by atoms with van der Waals surface area (Å²) in [7, 11) is 0. The zero-order valence-corrected chi connectivity index (χ0v) is 12.2. The molecule has 0 radical (unpaired) electrons. The molecule has 2 aliphatic heterocycles. The summed E-state index contributed by atoms with van der Waals surface area (Å²) < 4.78 is 42.3. The average Bonchev–Trinajstić information content (AvgIpc) is 2.39. The van der Waals surface area contributed by atoms with Gasteiger partial charge in [0.25, 0.3) is 0 Å². The van der Waals surface area contributed by atoms with Crippen LogP contribution >= 0.6 is 0 Å². The van der Waals surface area contributed by atoms with Gasteiger partial charge in [-0.1, -0.05) is 0 Å². The van der Waals surface area contributed by atoms with Crippen LogP contribution in [0.25, 0.3) is 0 Å². The van der Waals surface area contributed by atoms with E-state index in [1.807, 2.05) is 0 Å². The highest BCUT2D eigenvalue weighted by Gasteiger charge is 2.37. The van der Waals surface area contributed by atoms with Gasteiger partial charge in [-0.15, -0.1) is 0 Å². The number of alkyl halides is 3. The largest absolute Gasteiger partial charge is 0.414 e. The van der Waals surface area contributed by atoms with Crippen molar-refractivity contribution in [1.29, 1.82) is 0 Å². The molecule has 1 atom stereocenters. The van der Waals surface area contributed by atoms with Crippen LogP contribution in [-0.2, 0) is 4.74 Å². The molecule has 0 aromatic heterocycles. The molecule has 0 aromatic rings. The SMILES string of the molecule is OC(CCCCN1CCC(OC2CNC2)CC1)C(F)(F)F. The summed E-state index contributed by atoms with van der Waals surface area (Å²) in [5.41, 5.74) is 0. The van der Waals surface area contributed by atoms with E-state index in [9.17, 15) is 13.2 Å². The standard InChI is InChI=1S/C14H25F3N2O2/c15-14(16,17)13(20)3-1-2-6-19-7-4-11(5-8-19)21-12-9-18-10-12/h11-13,18,20H,1-10H2. The van der Waals surface area contributed by atoms with Crippen molar-refractivity contribution in [2.75, 3.05) is 32.7 Å². The van der Waals surface area contributed by atoms with E-state index in [1.54, 1.807) is 0 Å². The number of aliphatic hydroxyl groups is 1. The predicted octanol–water partition coefficient (Wildman–Crippen LogP) is 1.53. The van der Waals surface area contributed by atoms with E-state index in [1.165, 1.54) is 0 Å². The van der Waals surface area contributed by atoms with Gasteiger partial charge in [-0.05, 0) is 38.6 Å². The summed E-state index contributed by atoms with van der Waals surface area (Å²) in [6, 6.07) is 0. The Hall–Kier alpha value is -0.370. The Bertz CT molecular complexity index is 303. The van der Waals surface area contributed by atoms with E-state index in [0.717, 1.165) is 45.6 Å². The van der Waals surface area contributed by atoms with Gasteiger partial charge in [0.2, 0.25) is 0 Å². The van der Waals surface area contributed by atoms with Gasteiger partial charge in [0.05, 0.1) is 12.2 Å². The molecule has 2 rings (SSSR count). The van der Waals surface area contributed by atoms with E-state index in [2.05, 4.69) is 10.2 Å². The van der Waals surface area contributed by atoms with E-state index < -0.39 is 12.3 Å². The van der Waals surface area contributed by atoms with Crippen molar-refractivity contribution in [2.24, 2.45) is 0 Å². The summed E-state index contributed by atoms with van der Waals surface area (Å²) >= 11 is 0. The molecular formula is C14H25F3N2O2. The van der Waals surface area contributed by atoms with Crippen LogP contribution in [-0.4, -0.2) is 67.2 Å². The third-order valence-corrected chi connectivity index (χ3v) is 4.24. The third-order valence-electron chi connectivity index (χ3n) is 4.24. The van der Waals surface area contributed by atoms with Crippen LogP contribution in [0.15, 0.2) is 0 Å². The molecular weight excluding hydrogens is 285 g/mol. The minimum atomic E-state index is -4.48. The fourth-order valence-corrected chi connectivity index (χ4v) is 2.74. The fourth-order valence-electron chi connectivity index (χ4n) is 2.74. The molecule has 0 aromatic carbocycles. The number of piperidine rings is 1. The molecule has 2 N–H and O–H groups in total. The molecule has 2 saturated heterocycles. The van der Waals surface area contributed by atoms with Gasteiger partial charge in [0, 0.05) is 26.2 Å². The van der Waals surface area contributed by atoms with Crippen LogP contribution < -0.4 is 5.32 Å². The molecule has 0 amide bonds. The second kappa shape index (κ2) is 7.76. The number of aliphatic hydroxyl groups excluding tert-OH is 1. The number of rotatable bonds is 7. The van der Waals surface area contributed by atoms with E-state index in [4.69, 9.17) is 9.84 Å². The van der Waals surface area contributed by atoms with Crippen LogP contribution in [0.5, 0.6) is 0 Å². The van der Waals surface area contributed by atoms with Crippen molar-refractivity contribution in [3.05, 3.63) is 0 Å². The van der Waals surface area contributed by atoms with Gasteiger partial charge < -0.3 is 20.1 Å². The highest BCUT2D eigenvalue weighted by Crippen LogP contribution is 2.24. The lowest BCUT2D eigenvalue weighted by Gasteiger charge is -2.36. The van der Waals surface area contributed by atoms with Gasteiger partial charge in [-0.25, -0.2) is 0 Å². The van der Waals surface area contributed by atoms with E-state index in [0.29, 0.717) is 25.0 Å². The van der Waals surface area contributed by atoms with Crippen molar-refractivity contribution in [2.45, 2.75) is 56.6 Å². The Morgan fingerprint density at radius 1 is 1.14 bits per heavy atom. The minimum Gasteiger partial charge on any atom is -0.384 e. The van der Waals surface area contributed by atoms with Crippen LogP contribution in [0.4, 0.5) is 13.2 Å². The smallest absolute Gasteiger partial charge is 0.384 e. The summed E-state index contributed by atoms with van der Waals surface area (Å²) in [5.74, 6) is 0. The zero-order chi connectivity index (χ0) is 15.3. The normalized spacial score (nSPS) is 24.0. The molecule has 2 aliphatic rings. The monoisotopic (exact) mass is 310 g/mol. The molecule has 124 valence electrons. The van der Waals surface area contributed by atoms with Crippen LogP contribution in [0.3, 0.4) is 0 Å². The molecule has 1 unspecified atom stereocenters. The van der Waals surface area contributed by atoms with Crippen molar-refractivity contribution in [3.63, 3.8) is 0 Å². The summed E-state index contributed by atoms with van der Waals surface area (Å²) in [4.78, 5) is 2.28. The first-order chi connectivity index (χ1) is 9.95. The number of hydrogen-bond donors (Lipinski definition) is 2. The van der Waals surface area contributed by atoms with Gasteiger partial charge in [0.15, 0.2) is 0 Å². The first-order valence-electron chi connectivity index (χ1n) is 7.78. The Morgan fingerprint density at radius 3 is 2.33 bits per heavy atom. The molecule has 4 nitrogen and oxygen atoms in total. The number of nitrogens with zero attached hydrogens (tertiary/aromatic N) is 1. The van der Waals surface area contributed by atoms with Crippen molar-refractivity contribution in [3.8, 4) is 0 Å². The first kappa shape index (κ1) is 17.0. The number of halogens is 3. The minimum absolute atomic E-state index is 0.197. The van der Waals surface area contributed by atoms with Crippen LogP contribution in [0.1, 0.15) is 32.1 Å². The molecule has 0 spiro atoms. The molecule has 2 fully saturated rings. The maximum Gasteiger partial charge on any atom is 0.414 e. The van der Waals surface area contributed by atoms with Crippen molar-refractivity contribution < 1.29 is 23.0 Å². The summed E-state index contributed by atoms with van der Waals surface area (Å²) in [5, 5.41) is 12.1. The van der Waals surface area contributed by atoms with Gasteiger partial charge in [-0.3, -0.25) is 0 Å². The molecule has 0 bridgehead atoms. The van der Waals surface area contributed by atoms with Gasteiger partial charge in [-0.2, -0.15) is 13.2 Å². The van der Waals surface area contributed by atoms with E-state index in [-0.39, 0.29) is 6.42 Å². The van der Waals surface area contributed by atoms with Crippen molar-refractivity contribution >= 4 is 0 Å². The lowest BCUT2D eigenvalue weighted by atomic mass is 10.1. The quantitative estimate of drug-likeness (QED) is 0.700. The maximum absolute atomic E-state index is 12.1. The summed E-state index contributed by atoms with van der Waals surface area (Å²) in [6.07, 6.45) is -3.04. The predicted molar refractivity (Wildman–Crippen MR) is 73.1 cm³/mol. The third kappa shape index (κ3) is 5.73. The fraction of sp³-hybridized carbons (Fsp3) is 1.00. The van der Waals surface area contributed by atoms with Gasteiger partial charge in [0.1, 0.15) is 6.10 Å². The number of likely N-dealkylation sites (tertiary alicyclic amines) is 1. The van der Waals surface area contributed by atoms with Gasteiger partial charge >= 0.3 is 6.18 Å². The highest BCUT2D eigenvalue weighted by atomic mass is 19.4. The second-order valence-corrected chi connectivity index (χ2v) is 6.01. The summed E-state index contributed by atoms with van der Waals surface area (Å²) in [6.45, 7) is 4.60. The topological polar surface area (TPSA) is 44.7 Å². The Kier molecular flexibility index (Phi) is 6.28. The zero-order valence-electron chi connectivity index (χ0n) is 12.2. The van der Waals surface area contributed by atoms with Crippen LogP contribution in [0.2, 0.25) is 0 Å². The lowest BCUT2D eigenvalue weighted by molar-refractivity contribution is -0.205. The second-order valence-electron chi connectivity index (χ2n) is 6.01. The Morgan fingerprint density at radius 2 is 1.81 bits per heavy atom. The number of ether oxygens (including phenoxy) is 1.